The normalized spacial score (nSPS) is 26.8. The SMILES string of the molecule is CC(C)CNCCC(C)N(C)C1CCCCC1C. The Balaban J connectivity index is 2.24. The van der Waals surface area contributed by atoms with E-state index in [9.17, 15) is 0 Å². The van der Waals surface area contributed by atoms with Gasteiger partial charge in [-0.05, 0) is 58.2 Å². The van der Waals surface area contributed by atoms with Gasteiger partial charge in [0.05, 0.1) is 0 Å². The molecule has 1 saturated carbocycles. The first-order chi connectivity index (χ1) is 8.52. The van der Waals surface area contributed by atoms with E-state index in [-0.39, 0.29) is 0 Å². The zero-order chi connectivity index (χ0) is 13.5. The van der Waals surface area contributed by atoms with Gasteiger partial charge in [-0.15, -0.1) is 0 Å². The zero-order valence-electron chi connectivity index (χ0n) is 13.2. The molecule has 1 aliphatic rings. The molecule has 1 N–H and O–H groups in total. The van der Waals surface area contributed by atoms with E-state index in [0.717, 1.165) is 31.0 Å². The average molecular weight is 254 g/mol. The highest BCUT2D eigenvalue weighted by molar-refractivity contribution is 4.82. The molecule has 0 bridgehead atoms. The molecule has 0 radical (unpaired) electrons. The Hall–Kier alpha value is -0.0800. The fourth-order valence-corrected chi connectivity index (χ4v) is 3.13. The standard InChI is InChI=1S/C16H34N2/c1-13(2)12-17-11-10-15(4)18(5)16-9-7-6-8-14(16)3/h13-17H,6-12H2,1-5H3. The summed E-state index contributed by atoms with van der Waals surface area (Å²) in [5.74, 6) is 1.64. The van der Waals surface area contributed by atoms with Crippen LogP contribution in [0.3, 0.4) is 0 Å². The molecule has 1 rings (SSSR count). The highest BCUT2D eigenvalue weighted by Crippen LogP contribution is 2.28. The van der Waals surface area contributed by atoms with Crippen LogP contribution in [-0.4, -0.2) is 37.1 Å². The van der Waals surface area contributed by atoms with Gasteiger partial charge in [0.25, 0.3) is 0 Å². The molecule has 2 heteroatoms. The van der Waals surface area contributed by atoms with Crippen molar-refractivity contribution in [3.63, 3.8) is 0 Å². The molecule has 0 heterocycles. The van der Waals surface area contributed by atoms with Crippen LogP contribution in [0.2, 0.25) is 0 Å². The van der Waals surface area contributed by atoms with Gasteiger partial charge in [-0.1, -0.05) is 33.6 Å². The minimum atomic E-state index is 0.704. The summed E-state index contributed by atoms with van der Waals surface area (Å²) in [6.07, 6.45) is 6.97. The van der Waals surface area contributed by atoms with Gasteiger partial charge >= 0.3 is 0 Å². The first-order valence-corrected chi connectivity index (χ1v) is 7.95. The van der Waals surface area contributed by atoms with E-state index in [1.54, 1.807) is 0 Å². The van der Waals surface area contributed by atoms with Crippen molar-refractivity contribution in [2.24, 2.45) is 11.8 Å². The van der Waals surface area contributed by atoms with Crippen LogP contribution in [0.5, 0.6) is 0 Å². The Kier molecular flexibility index (Phi) is 7.25. The smallest absolute Gasteiger partial charge is 0.0121 e. The van der Waals surface area contributed by atoms with Crippen molar-refractivity contribution in [2.75, 3.05) is 20.1 Å². The Bertz CT molecular complexity index is 215. The van der Waals surface area contributed by atoms with E-state index >= 15 is 0 Å². The van der Waals surface area contributed by atoms with E-state index in [1.807, 2.05) is 0 Å². The third-order valence-electron chi connectivity index (χ3n) is 4.58. The van der Waals surface area contributed by atoms with Crippen molar-refractivity contribution in [1.82, 2.24) is 10.2 Å². The Morgan fingerprint density at radius 1 is 1.17 bits per heavy atom. The van der Waals surface area contributed by atoms with Gasteiger partial charge in [-0.25, -0.2) is 0 Å². The van der Waals surface area contributed by atoms with Crippen LogP contribution in [-0.2, 0) is 0 Å². The summed E-state index contributed by atoms with van der Waals surface area (Å²) in [7, 11) is 2.33. The minimum absolute atomic E-state index is 0.704. The summed E-state index contributed by atoms with van der Waals surface area (Å²) in [4.78, 5) is 2.64. The fraction of sp³-hybridized carbons (Fsp3) is 1.00. The summed E-state index contributed by atoms with van der Waals surface area (Å²) in [5.41, 5.74) is 0. The first kappa shape index (κ1) is 16.0. The second-order valence-corrected chi connectivity index (χ2v) is 6.73. The second kappa shape index (κ2) is 8.16. The first-order valence-electron chi connectivity index (χ1n) is 7.95. The van der Waals surface area contributed by atoms with Crippen LogP contribution in [0.15, 0.2) is 0 Å². The van der Waals surface area contributed by atoms with E-state index < -0.39 is 0 Å². The van der Waals surface area contributed by atoms with Crippen molar-refractivity contribution >= 4 is 0 Å². The number of hydrogen-bond acceptors (Lipinski definition) is 2. The number of rotatable bonds is 7. The fourth-order valence-electron chi connectivity index (χ4n) is 3.13. The number of nitrogens with zero attached hydrogens (tertiary/aromatic N) is 1. The van der Waals surface area contributed by atoms with Crippen molar-refractivity contribution in [3.8, 4) is 0 Å². The highest BCUT2D eigenvalue weighted by Gasteiger charge is 2.27. The van der Waals surface area contributed by atoms with Gasteiger partial charge in [0.2, 0.25) is 0 Å². The van der Waals surface area contributed by atoms with Gasteiger partial charge in [0, 0.05) is 12.1 Å². The third-order valence-corrected chi connectivity index (χ3v) is 4.58. The summed E-state index contributed by atoms with van der Waals surface area (Å²) in [6, 6.07) is 1.52. The van der Waals surface area contributed by atoms with Crippen molar-refractivity contribution in [1.29, 1.82) is 0 Å². The van der Waals surface area contributed by atoms with Crippen molar-refractivity contribution in [3.05, 3.63) is 0 Å². The Labute approximate surface area is 115 Å². The maximum Gasteiger partial charge on any atom is 0.0121 e. The molecule has 1 aliphatic carbocycles. The average Bonchev–Trinajstić information content (AvgIpc) is 2.34. The molecule has 108 valence electrons. The number of nitrogens with one attached hydrogen (secondary N) is 1. The topological polar surface area (TPSA) is 15.3 Å². The van der Waals surface area contributed by atoms with Crippen LogP contribution < -0.4 is 5.32 Å². The van der Waals surface area contributed by atoms with Crippen LogP contribution in [0.25, 0.3) is 0 Å². The van der Waals surface area contributed by atoms with Gasteiger partial charge in [0.15, 0.2) is 0 Å². The molecule has 0 spiro atoms. The molecule has 3 atom stereocenters. The summed E-state index contributed by atoms with van der Waals surface area (Å²) in [6.45, 7) is 11.7. The van der Waals surface area contributed by atoms with E-state index in [4.69, 9.17) is 0 Å². The molecular weight excluding hydrogens is 220 g/mol. The predicted molar refractivity (Wildman–Crippen MR) is 81.0 cm³/mol. The Morgan fingerprint density at radius 2 is 1.83 bits per heavy atom. The monoisotopic (exact) mass is 254 g/mol. The lowest BCUT2D eigenvalue weighted by Gasteiger charge is -2.39. The largest absolute Gasteiger partial charge is 0.316 e. The van der Waals surface area contributed by atoms with Crippen LogP contribution >= 0.6 is 0 Å². The lowest BCUT2D eigenvalue weighted by molar-refractivity contribution is 0.0995. The molecule has 0 aromatic rings. The van der Waals surface area contributed by atoms with Gasteiger partial charge in [-0.3, -0.25) is 0 Å². The van der Waals surface area contributed by atoms with Crippen LogP contribution in [0.1, 0.15) is 59.8 Å². The lowest BCUT2D eigenvalue weighted by Crippen LogP contribution is -2.44. The molecule has 2 nitrogen and oxygen atoms in total. The number of hydrogen-bond donors (Lipinski definition) is 1. The molecule has 3 unspecified atom stereocenters. The van der Waals surface area contributed by atoms with Crippen LogP contribution in [0, 0.1) is 11.8 Å². The molecular formula is C16H34N2. The molecule has 0 amide bonds. The summed E-state index contributed by atoms with van der Waals surface area (Å²) in [5, 5.41) is 3.56. The van der Waals surface area contributed by atoms with Crippen molar-refractivity contribution in [2.45, 2.75) is 71.9 Å². The Morgan fingerprint density at radius 3 is 2.44 bits per heavy atom. The molecule has 0 saturated heterocycles. The third kappa shape index (κ3) is 5.27. The van der Waals surface area contributed by atoms with Crippen molar-refractivity contribution < 1.29 is 0 Å². The van der Waals surface area contributed by atoms with Gasteiger partial charge < -0.3 is 10.2 Å². The summed E-state index contributed by atoms with van der Waals surface area (Å²) < 4.78 is 0. The molecule has 1 fully saturated rings. The maximum absolute atomic E-state index is 3.56. The highest BCUT2D eigenvalue weighted by atomic mass is 15.2. The molecule has 0 aromatic heterocycles. The minimum Gasteiger partial charge on any atom is -0.316 e. The predicted octanol–water partition coefficient (Wildman–Crippen LogP) is 3.52. The molecule has 18 heavy (non-hydrogen) atoms. The van der Waals surface area contributed by atoms with Gasteiger partial charge in [-0.2, -0.15) is 0 Å². The van der Waals surface area contributed by atoms with Gasteiger partial charge in [0.1, 0.15) is 0 Å². The lowest BCUT2D eigenvalue weighted by atomic mass is 9.84. The zero-order valence-corrected chi connectivity index (χ0v) is 13.2. The van der Waals surface area contributed by atoms with E-state index in [1.165, 1.54) is 32.1 Å². The van der Waals surface area contributed by atoms with Crippen LogP contribution in [0.4, 0.5) is 0 Å². The molecule has 0 aliphatic heterocycles. The van der Waals surface area contributed by atoms with E-state index in [2.05, 4.69) is 45.0 Å². The maximum atomic E-state index is 3.56. The summed E-state index contributed by atoms with van der Waals surface area (Å²) >= 11 is 0. The molecule has 0 aromatic carbocycles. The quantitative estimate of drug-likeness (QED) is 0.699. The second-order valence-electron chi connectivity index (χ2n) is 6.73. The van der Waals surface area contributed by atoms with E-state index in [0.29, 0.717) is 6.04 Å².